The third-order valence-electron chi connectivity index (χ3n) is 4.77. The number of fused-ring (bicyclic) bond motifs is 1. The van der Waals surface area contributed by atoms with E-state index in [1.807, 2.05) is 30.3 Å². The average Bonchev–Trinajstić information content (AvgIpc) is 2.82. The fraction of sp³-hybridized carbons (Fsp3) is 0.174. The summed E-state index contributed by atoms with van der Waals surface area (Å²) in [5, 5.41) is 2.75. The third kappa shape index (κ3) is 4.64. The zero-order valence-electron chi connectivity index (χ0n) is 16.7. The van der Waals surface area contributed by atoms with E-state index in [1.54, 1.807) is 42.5 Å². The number of amides is 1. The molecule has 1 aliphatic heterocycles. The predicted octanol–water partition coefficient (Wildman–Crippen LogP) is 2.84. The van der Waals surface area contributed by atoms with Crippen LogP contribution < -0.4 is 19.1 Å². The number of nitrogens with zero attached hydrogens (tertiary/aromatic N) is 1. The molecule has 0 bridgehead atoms. The molecule has 1 atom stereocenters. The number of hydrogen-bond acceptors (Lipinski definition) is 5. The molecule has 0 saturated carbocycles. The molecule has 7 nitrogen and oxygen atoms in total. The van der Waals surface area contributed by atoms with Gasteiger partial charge in [-0.1, -0.05) is 48.5 Å². The van der Waals surface area contributed by atoms with Crippen molar-refractivity contribution in [2.45, 2.75) is 11.0 Å². The minimum Gasteiger partial charge on any atom is -0.492 e. The molecule has 0 saturated heterocycles. The SMILES string of the molecule is O=C(NCCOc1ccccc1)C1CN(S(=O)(=O)c2ccccc2)c2ccccc2O1. The molecule has 1 heterocycles. The van der Waals surface area contributed by atoms with Gasteiger partial charge in [-0.2, -0.15) is 0 Å². The highest BCUT2D eigenvalue weighted by atomic mass is 32.2. The number of nitrogens with one attached hydrogen (secondary N) is 1. The van der Waals surface area contributed by atoms with Gasteiger partial charge in [0.2, 0.25) is 0 Å². The second-order valence-electron chi connectivity index (χ2n) is 6.88. The Hall–Kier alpha value is -3.52. The van der Waals surface area contributed by atoms with E-state index in [2.05, 4.69) is 5.32 Å². The molecular weight excluding hydrogens is 416 g/mol. The molecular formula is C23H22N2O5S. The molecule has 0 fully saturated rings. The first-order valence-corrected chi connectivity index (χ1v) is 11.3. The Bertz CT molecular complexity index is 1140. The van der Waals surface area contributed by atoms with Crippen LogP contribution in [0.15, 0.2) is 89.8 Å². The maximum atomic E-state index is 13.3. The Kier molecular flexibility index (Phi) is 6.08. The second kappa shape index (κ2) is 9.09. The predicted molar refractivity (Wildman–Crippen MR) is 117 cm³/mol. The van der Waals surface area contributed by atoms with Crippen LogP contribution in [0, 0.1) is 0 Å². The fourth-order valence-corrected chi connectivity index (χ4v) is 4.76. The lowest BCUT2D eigenvalue weighted by molar-refractivity contribution is -0.127. The maximum Gasteiger partial charge on any atom is 0.264 e. The maximum absolute atomic E-state index is 13.3. The van der Waals surface area contributed by atoms with Crippen molar-refractivity contribution in [3.63, 3.8) is 0 Å². The van der Waals surface area contributed by atoms with Gasteiger partial charge in [-0.15, -0.1) is 0 Å². The molecule has 4 rings (SSSR count). The lowest BCUT2D eigenvalue weighted by Crippen LogP contribution is -2.51. The van der Waals surface area contributed by atoms with E-state index in [1.165, 1.54) is 16.4 Å². The molecule has 160 valence electrons. The molecule has 3 aromatic rings. The minimum absolute atomic E-state index is 0.125. The van der Waals surface area contributed by atoms with Crippen LogP contribution in [0.25, 0.3) is 0 Å². The van der Waals surface area contributed by atoms with Gasteiger partial charge in [0.25, 0.3) is 15.9 Å². The van der Waals surface area contributed by atoms with Gasteiger partial charge in [0.05, 0.1) is 23.7 Å². The number of carbonyl (C=O) groups is 1. The van der Waals surface area contributed by atoms with Crippen LogP contribution in [0.4, 0.5) is 5.69 Å². The molecule has 0 spiro atoms. The summed E-state index contributed by atoms with van der Waals surface area (Å²) >= 11 is 0. The van der Waals surface area contributed by atoms with Crippen molar-refractivity contribution in [3.05, 3.63) is 84.9 Å². The topological polar surface area (TPSA) is 84.9 Å². The summed E-state index contributed by atoms with van der Waals surface area (Å²) in [6, 6.07) is 24.2. The van der Waals surface area contributed by atoms with E-state index in [-0.39, 0.29) is 24.6 Å². The van der Waals surface area contributed by atoms with Crippen molar-refractivity contribution in [2.75, 3.05) is 24.0 Å². The molecule has 31 heavy (non-hydrogen) atoms. The number of benzene rings is 3. The molecule has 1 aliphatic rings. The van der Waals surface area contributed by atoms with Crippen molar-refractivity contribution in [1.29, 1.82) is 0 Å². The average molecular weight is 439 g/mol. The van der Waals surface area contributed by atoms with Crippen molar-refractivity contribution in [1.82, 2.24) is 5.32 Å². The number of sulfonamides is 1. The first-order chi connectivity index (χ1) is 15.1. The zero-order chi connectivity index (χ0) is 21.7. The van der Waals surface area contributed by atoms with Crippen LogP contribution in [-0.2, 0) is 14.8 Å². The molecule has 0 aromatic heterocycles. The molecule has 1 unspecified atom stereocenters. The number of para-hydroxylation sites is 3. The van der Waals surface area contributed by atoms with Crippen molar-refractivity contribution in [3.8, 4) is 11.5 Å². The van der Waals surface area contributed by atoms with Gasteiger partial charge in [0.15, 0.2) is 6.10 Å². The van der Waals surface area contributed by atoms with Gasteiger partial charge in [0, 0.05) is 0 Å². The Morgan fingerprint density at radius 2 is 1.61 bits per heavy atom. The van der Waals surface area contributed by atoms with Gasteiger partial charge in [0.1, 0.15) is 18.1 Å². The number of rotatable bonds is 7. The van der Waals surface area contributed by atoms with E-state index in [0.717, 1.165) is 0 Å². The molecule has 1 N–H and O–H groups in total. The highest BCUT2D eigenvalue weighted by molar-refractivity contribution is 7.92. The van der Waals surface area contributed by atoms with Gasteiger partial charge >= 0.3 is 0 Å². The fourth-order valence-electron chi connectivity index (χ4n) is 3.26. The molecule has 0 aliphatic carbocycles. The first kappa shape index (κ1) is 20.7. The number of ether oxygens (including phenoxy) is 2. The summed E-state index contributed by atoms with van der Waals surface area (Å²) in [5.74, 6) is 0.646. The smallest absolute Gasteiger partial charge is 0.264 e. The Morgan fingerprint density at radius 3 is 2.35 bits per heavy atom. The van der Waals surface area contributed by atoms with Gasteiger partial charge in [-0.25, -0.2) is 8.42 Å². The lowest BCUT2D eigenvalue weighted by atomic mass is 10.2. The van der Waals surface area contributed by atoms with Gasteiger partial charge < -0.3 is 14.8 Å². The Labute approximate surface area is 181 Å². The van der Waals surface area contributed by atoms with Crippen molar-refractivity contribution in [2.24, 2.45) is 0 Å². The van der Waals surface area contributed by atoms with Gasteiger partial charge in [-0.05, 0) is 36.4 Å². The Balaban J connectivity index is 1.47. The van der Waals surface area contributed by atoms with E-state index in [4.69, 9.17) is 9.47 Å². The summed E-state index contributed by atoms with van der Waals surface area (Å²) < 4.78 is 39.1. The highest BCUT2D eigenvalue weighted by Gasteiger charge is 2.37. The van der Waals surface area contributed by atoms with Gasteiger partial charge in [-0.3, -0.25) is 9.10 Å². The third-order valence-corrected chi connectivity index (χ3v) is 6.57. The van der Waals surface area contributed by atoms with Crippen LogP contribution in [0.3, 0.4) is 0 Å². The van der Waals surface area contributed by atoms with E-state index in [9.17, 15) is 13.2 Å². The largest absolute Gasteiger partial charge is 0.492 e. The van der Waals surface area contributed by atoms with Crippen LogP contribution in [0.1, 0.15) is 0 Å². The van der Waals surface area contributed by atoms with Crippen molar-refractivity contribution >= 4 is 21.6 Å². The molecule has 3 aromatic carbocycles. The summed E-state index contributed by atoms with van der Waals surface area (Å²) in [7, 11) is -3.85. The number of hydrogen-bond donors (Lipinski definition) is 1. The van der Waals surface area contributed by atoms with Crippen LogP contribution in [-0.4, -0.2) is 40.1 Å². The van der Waals surface area contributed by atoms with E-state index in [0.29, 0.717) is 17.2 Å². The van der Waals surface area contributed by atoms with Crippen LogP contribution >= 0.6 is 0 Å². The summed E-state index contributed by atoms with van der Waals surface area (Å²) in [6.45, 7) is 0.422. The molecule has 1 amide bonds. The quantitative estimate of drug-likeness (QED) is 0.574. The van der Waals surface area contributed by atoms with Crippen LogP contribution in [0.5, 0.6) is 11.5 Å². The van der Waals surface area contributed by atoms with E-state index >= 15 is 0 Å². The Morgan fingerprint density at radius 1 is 0.968 bits per heavy atom. The van der Waals surface area contributed by atoms with E-state index < -0.39 is 22.0 Å². The number of anilines is 1. The normalized spacial score (nSPS) is 15.5. The monoisotopic (exact) mass is 438 g/mol. The molecule has 0 radical (unpaired) electrons. The molecule has 8 heteroatoms. The minimum atomic E-state index is -3.85. The summed E-state index contributed by atoms with van der Waals surface area (Å²) in [4.78, 5) is 12.9. The summed E-state index contributed by atoms with van der Waals surface area (Å²) in [5.41, 5.74) is 0.405. The lowest BCUT2D eigenvalue weighted by Gasteiger charge is -2.34. The first-order valence-electron chi connectivity index (χ1n) is 9.85. The second-order valence-corrected chi connectivity index (χ2v) is 8.74. The standard InChI is InChI=1S/C23H22N2O5S/c26-23(24-15-16-29-18-9-3-1-4-10-18)22-17-25(20-13-7-8-14-21(20)30-22)31(27,28)19-11-5-2-6-12-19/h1-14,22H,15-17H2,(H,24,26). The van der Waals surface area contributed by atoms with Crippen LogP contribution in [0.2, 0.25) is 0 Å². The zero-order valence-corrected chi connectivity index (χ0v) is 17.5. The highest BCUT2D eigenvalue weighted by Crippen LogP contribution is 2.36. The van der Waals surface area contributed by atoms with Crippen molar-refractivity contribution < 1.29 is 22.7 Å². The summed E-state index contributed by atoms with van der Waals surface area (Å²) in [6.07, 6.45) is -0.981. The number of carbonyl (C=O) groups excluding carboxylic acids is 1.